The van der Waals surface area contributed by atoms with Crippen molar-refractivity contribution in [3.05, 3.63) is 24.0 Å². The molecule has 0 amide bonds. The van der Waals surface area contributed by atoms with Gasteiger partial charge in [0.2, 0.25) is 0 Å². The van der Waals surface area contributed by atoms with E-state index in [1.54, 1.807) is 0 Å². The minimum atomic E-state index is -0.337. The van der Waals surface area contributed by atoms with Gasteiger partial charge in [0.15, 0.2) is 0 Å². The SMILES string of the molecule is CC.CC1CCC(c2nc3ccc(B4OC(C)(C)C(C)(C)O4)cc3[nH]2)N1. The first-order valence-electron chi connectivity index (χ1n) is 9.86. The summed E-state index contributed by atoms with van der Waals surface area (Å²) in [5.74, 6) is 1.03. The van der Waals surface area contributed by atoms with E-state index >= 15 is 0 Å². The Morgan fingerprint density at radius 3 is 2.31 bits per heavy atom. The van der Waals surface area contributed by atoms with E-state index in [9.17, 15) is 0 Å². The van der Waals surface area contributed by atoms with Crippen molar-refractivity contribution in [2.24, 2.45) is 0 Å². The molecule has 1 aromatic carbocycles. The van der Waals surface area contributed by atoms with Gasteiger partial charge in [0.05, 0.1) is 28.3 Å². The van der Waals surface area contributed by atoms with Crippen molar-refractivity contribution in [2.45, 2.75) is 84.6 Å². The monoisotopic (exact) mass is 357 g/mol. The Morgan fingerprint density at radius 2 is 1.73 bits per heavy atom. The Hall–Kier alpha value is -1.37. The maximum absolute atomic E-state index is 6.15. The average molecular weight is 357 g/mol. The zero-order valence-corrected chi connectivity index (χ0v) is 17.1. The number of H-pyrrole nitrogens is 1. The van der Waals surface area contributed by atoms with Crippen LogP contribution in [0.15, 0.2) is 18.2 Å². The highest BCUT2D eigenvalue weighted by Gasteiger charge is 2.51. The van der Waals surface area contributed by atoms with E-state index in [2.05, 4.69) is 57.1 Å². The molecule has 2 aliphatic rings. The molecule has 2 N–H and O–H groups in total. The van der Waals surface area contributed by atoms with Gasteiger partial charge in [0.1, 0.15) is 5.82 Å². The second-order valence-electron chi connectivity index (χ2n) is 8.18. The Bertz CT molecular complexity index is 756. The number of imidazole rings is 1. The van der Waals surface area contributed by atoms with E-state index in [0.717, 1.165) is 28.7 Å². The number of rotatable bonds is 2. The highest BCUT2D eigenvalue weighted by molar-refractivity contribution is 6.62. The Kier molecular flexibility index (Phi) is 5.21. The fraction of sp³-hybridized carbons (Fsp3) is 0.650. The van der Waals surface area contributed by atoms with Crippen molar-refractivity contribution in [2.75, 3.05) is 0 Å². The minimum absolute atomic E-state index is 0.324. The molecule has 3 heterocycles. The van der Waals surface area contributed by atoms with Crippen LogP contribution < -0.4 is 10.8 Å². The summed E-state index contributed by atoms with van der Waals surface area (Å²) in [5.41, 5.74) is 2.42. The Morgan fingerprint density at radius 1 is 1.08 bits per heavy atom. The first kappa shape index (κ1) is 19.4. The zero-order chi connectivity index (χ0) is 19.1. The third-order valence-corrected chi connectivity index (χ3v) is 5.75. The second-order valence-corrected chi connectivity index (χ2v) is 8.18. The second kappa shape index (κ2) is 6.99. The summed E-state index contributed by atoms with van der Waals surface area (Å²) in [5, 5.41) is 3.58. The summed E-state index contributed by atoms with van der Waals surface area (Å²) < 4.78 is 12.3. The van der Waals surface area contributed by atoms with Gasteiger partial charge in [-0.25, -0.2) is 4.98 Å². The van der Waals surface area contributed by atoms with E-state index in [1.807, 2.05) is 19.9 Å². The number of aromatic nitrogens is 2. The van der Waals surface area contributed by atoms with Crippen LogP contribution in [0.1, 0.15) is 73.2 Å². The van der Waals surface area contributed by atoms with Crippen molar-refractivity contribution < 1.29 is 9.31 Å². The molecule has 2 atom stereocenters. The van der Waals surface area contributed by atoms with E-state index < -0.39 is 0 Å². The Labute approximate surface area is 157 Å². The predicted molar refractivity (Wildman–Crippen MR) is 108 cm³/mol. The summed E-state index contributed by atoms with van der Waals surface area (Å²) in [4.78, 5) is 8.23. The van der Waals surface area contributed by atoms with Crippen LogP contribution in [0.25, 0.3) is 11.0 Å². The molecule has 1 aromatic heterocycles. The molecule has 6 heteroatoms. The molecular weight excluding hydrogens is 325 g/mol. The summed E-state index contributed by atoms with van der Waals surface area (Å²) in [6.45, 7) is 14.5. The third-order valence-electron chi connectivity index (χ3n) is 5.75. The van der Waals surface area contributed by atoms with Crippen LogP contribution in [0.3, 0.4) is 0 Å². The van der Waals surface area contributed by atoms with Crippen LogP contribution in [0, 0.1) is 0 Å². The fourth-order valence-corrected chi connectivity index (χ4v) is 3.48. The van der Waals surface area contributed by atoms with Crippen LogP contribution in [0.5, 0.6) is 0 Å². The first-order valence-corrected chi connectivity index (χ1v) is 9.86. The van der Waals surface area contributed by atoms with Crippen LogP contribution in [0.4, 0.5) is 0 Å². The lowest BCUT2D eigenvalue weighted by Crippen LogP contribution is -2.41. The maximum Gasteiger partial charge on any atom is 0.494 e. The molecule has 0 bridgehead atoms. The molecule has 2 saturated heterocycles. The molecule has 0 aliphatic carbocycles. The zero-order valence-electron chi connectivity index (χ0n) is 17.1. The number of nitrogens with zero attached hydrogens (tertiary/aromatic N) is 1. The average Bonchev–Trinajstić information content (AvgIpc) is 3.25. The van der Waals surface area contributed by atoms with Gasteiger partial charge in [-0.15, -0.1) is 0 Å². The number of nitrogens with one attached hydrogen (secondary N) is 2. The molecular formula is C20H32BN3O2. The number of fused-ring (bicyclic) bond motifs is 1. The van der Waals surface area contributed by atoms with Gasteiger partial charge in [-0.1, -0.05) is 19.9 Å². The first-order chi connectivity index (χ1) is 12.2. The maximum atomic E-state index is 6.15. The number of hydrogen-bond acceptors (Lipinski definition) is 4. The molecule has 0 spiro atoms. The van der Waals surface area contributed by atoms with Crippen LogP contribution in [-0.2, 0) is 9.31 Å². The van der Waals surface area contributed by atoms with Crippen molar-refractivity contribution in [3.63, 3.8) is 0 Å². The van der Waals surface area contributed by atoms with Gasteiger partial charge in [0, 0.05) is 6.04 Å². The lowest BCUT2D eigenvalue weighted by atomic mass is 9.79. The Balaban J connectivity index is 0.000000948. The normalized spacial score (nSPS) is 26.8. The van der Waals surface area contributed by atoms with Gasteiger partial charge >= 0.3 is 7.12 Å². The molecule has 0 radical (unpaired) electrons. The largest absolute Gasteiger partial charge is 0.494 e. The highest BCUT2D eigenvalue weighted by atomic mass is 16.7. The molecule has 4 rings (SSSR count). The molecule has 142 valence electrons. The van der Waals surface area contributed by atoms with Gasteiger partial charge < -0.3 is 19.6 Å². The quantitative estimate of drug-likeness (QED) is 0.805. The number of benzene rings is 1. The lowest BCUT2D eigenvalue weighted by molar-refractivity contribution is 0.00578. The van der Waals surface area contributed by atoms with Gasteiger partial charge in [0.25, 0.3) is 0 Å². The lowest BCUT2D eigenvalue weighted by Gasteiger charge is -2.32. The summed E-state index contributed by atoms with van der Waals surface area (Å²) >= 11 is 0. The van der Waals surface area contributed by atoms with Gasteiger partial charge in [-0.2, -0.15) is 0 Å². The van der Waals surface area contributed by atoms with Crippen molar-refractivity contribution >= 4 is 23.6 Å². The van der Waals surface area contributed by atoms with Crippen molar-refractivity contribution in [1.82, 2.24) is 15.3 Å². The fourth-order valence-electron chi connectivity index (χ4n) is 3.48. The molecule has 2 aromatic rings. The van der Waals surface area contributed by atoms with Crippen LogP contribution >= 0.6 is 0 Å². The van der Waals surface area contributed by atoms with Gasteiger partial charge in [-0.05, 0) is 65.1 Å². The van der Waals surface area contributed by atoms with Crippen LogP contribution in [0.2, 0.25) is 0 Å². The summed E-state index contributed by atoms with van der Waals surface area (Å²) in [6, 6.07) is 7.09. The molecule has 2 fully saturated rings. The van der Waals surface area contributed by atoms with Crippen molar-refractivity contribution in [1.29, 1.82) is 0 Å². The van der Waals surface area contributed by atoms with Crippen LogP contribution in [-0.4, -0.2) is 34.3 Å². The standard InChI is InChI=1S/C18H26BN3O2.C2H6/c1-11-6-8-14(20-11)16-21-13-9-7-12(10-15(13)22-16)19-23-17(2,3)18(4,5)24-19;1-2/h7,9-11,14,20H,6,8H2,1-5H3,(H,21,22);1-2H3. The topological polar surface area (TPSA) is 59.2 Å². The highest BCUT2D eigenvalue weighted by Crippen LogP contribution is 2.36. The molecule has 2 unspecified atom stereocenters. The van der Waals surface area contributed by atoms with E-state index in [0.29, 0.717) is 12.1 Å². The van der Waals surface area contributed by atoms with Gasteiger partial charge in [-0.3, -0.25) is 0 Å². The molecule has 5 nitrogen and oxygen atoms in total. The predicted octanol–water partition coefficient (Wildman–Crippen LogP) is 3.70. The van der Waals surface area contributed by atoms with E-state index in [-0.39, 0.29) is 18.3 Å². The number of aromatic amines is 1. The van der Waals surface area contributed by atoms with E-state index in [1.165, 1.54) is 6.42 Å². The van der Waals surface area contributed by atoms with Crippen molar-refractivity contribution in [3.8, 4) is 0 Å². The molecule has 0 saturated carbocycles. The smallest absolute Gasteiger partial charge is 0.399 e. The molecule has 26 heavy (non-hydrogen) atoms. The minimum Gasteiger partial charge on any atom is -0.399 e. The summed E-state index contributed by atoms with van der Waals surface area (Å²) in [6.07, 6.45) is 2.33. The van der Waals surface area contributed by atoms with E-state index in [4.69, 9.17) is 14.3 Å². The molecule has 2 aliphatic heterocycles. The summed E-state index contributed by atoms with van der Waals surface area (Å²) in [7, 11) is -0.337. The number of hydrogen-bond donors (Lipinski definition) is 2. The third kappa shape index (κ3) is 3.42.